The van der Waals surface area contributed by atoms with Crippen molar-refractivity contribution in [3.8, 4) is 6.19 Å². The van der Waals surface area contributed by atoms with Crippen molar-refractivity contribution in [1.29, 1.82) is 5.26 Å². The van der Waals surface area contributed by atoms with Crippen molar-refractivity contribution in [2.75, 3.05) is 0 Å². The van der Waals surface area contributed by atoms with E-state index >= 15 is 0 Å². The third-order valence-electron chi connectivity index (χ3n) is 2.30. The molecule has 54 valence electrons. The highest BCUT2D eigenvalue weighted by Crippen LogP contribution is 2.45. The van der Waals surface area contributed by atoms with Gasteiger partial charge in [0.25, 0.3) is 0 Å². The molecule has 1 rings (SSSR count). The molecular formula is C7H10N2O. The lowest BCUT2D eigenvalue weighted by atomic mass is 10.3. The lowest BCUT2D eigenvalue weighted by Gasteiger charge is -1.90. The van der Waals surface area contributed by atoms with Crippen LogP contribution >= 0.6 is 0 Å². The maximum Gasteiger partial charge on any atom is 0.236 e. The molecular weight excluding hydrogens is 128 g/mol. The molecule has 1 fully saturated rings. The number of hydrogen-bond donors (Lipinski definition) is 1. The second-order valence-electron chi connectivity index (χ2n) is 2.85. The molecule has 1 N–H and O–H groups in total. The van der Waals surface area contributed by atoms with Crippen LogP contribution in [-0.2, 0) is 4.79 Å². The van der Waals surface area contributed by atoms with Crippen molar-refractivity contribution in [3.05, 3.63) is 0 Å². The highest BCUT2D eigenvalue weighted by Gasteiger charge is 2.48. The highest BCUT2D eigenvalue weighted by atomic mass is 16.2. The summed E-state index contributed by atoms with van der Waals surface area (Å²) in [6, 6.07) is 0. The Bertz CT molecular complexity index is 186. The standard InChI is InChI=1S/C7H10N2O/c1-4-5(2)6(4)7(10)9-3-8/h4-6H,1-2H3,(H,9,10). The summed E-state index contributed by atoms with van der Waals surface area (Å²) in [5.74, 6) is 0.865. The molecule has 0 aromatic rings. The summed E-state index contributed by atoms with van der Waals surface area (Å²) < 4.78 is 0. The minimum Gasteiger partial charge on any atom is -0.274 e. The summed E-state index contributed by atoms with van der Waals surface area (Å²) in [5, 5.41) is 10.2. The Balaban J connectivity index is 2.40. The van der Waals surface area contributed by atoms with Gasteiger partial charge in [0.15, 0.2) is 6.19 Å². The van der Waals surface area contributed by atoms with E-state index in [4.69, 9.17) is 5.26 Å². The number of nitriles is 1. The average molecular weight is 138 g/mol. The number of rotatable bonds is 1. The minimum absolute atomic E-state index is 0.0830. The van der Waals surface area contributed by atoms with Gasteiger partial charge in [0.2, 0.25) is 5.91 Å². The number of nitrogens with zero attached hydrogens (tertiary/aromatic N) is 1. The van der Waals surface area contributed by atoms with Crippen LogP contribution in [0.1, 0.15) is 13.8 Å². The van der Waals surface area contributed by atoms with E-state index in [-0.39, 0.29) is 11.8 Å². The fourth-order valence-corrected chi connectivity index (χ4v) is 1.28. The zero-order chi connectivity index (χ0) is 7.72. The van der Waals surface area contributed by atoms with Crippen LogP contribution in [0.5, 0.6) is 0 Å². The van der Waals surface area contributed by atoms with E-state index in [9.17, 15) is 4.79 Å². The van der Waals surface area contributed by atoms with Crippen LogP contribution in [-0.4, -0.2) is 5.91 Å². The van der Waals surface area contributed by atoms with Gasteiger partial charge in [0.1, 0.15) is 0 Å². The Morgan fingerprint density at radius 3 is 2.30 bits per heavy atom. The molecule has 2 unspecified atom stereocenters. The van der Waals surface area contributed by atoms with Gasteiger partial charge in [-0.25, -0.2) is 0 Å². The second kappa shape index (κ2) is 2.30. The number of hydrogen-bond acceptors (Lipinski definition) is 2. The van der Waals surface area contributed by atoms with Crippen LogP contribution in [0, 0.1) is 29.2 Å². The number of carbonyl (C=O) groups is 1. The van der Waals surface area contributed by atoms with Gasteiger partial charge < -0.3 is 0 Å². The van der Waals surface area contributed by atoms with Crippen molar-refractivity contribution in [2.45, 2.75) is 13.8 Å². The highest BCUT2D eigenvalue weighted by molar-refractivity contribution is 5.83. The SMILES string of the molecule is CC1C(C)C1C(=O)NC#N. The Kier molecular flexibility index (Phi) is 1.62. The van der Waals surface area contributed by atoms with E-state index in [0.717, 1.165) is 0 Å². The molecule has 1 aliphatic carbocycles. The van der Waals surface area contributed by atoms with E-state index in [0.29, 0.717) is 11.8 Å². The van der Waals surface area contributed by atoms with E-state index in [1.807, 2.05) is 13.8 Å². The molecule has 0 spiro atoms. The van der Waals surface area contributed by atoms with E-state index in [1.165, 1.54) is 0 Å². The number of nitrogens with one attached hydrogen (secondary N) is 1. The van der Waals surface area contributed by atoms with Crippen molar-refractivity contribution in [1.82, 2.24) is 5.32 Å². The molecule has 1 saturated carbocycles. The van der Waals surface area contributed by atoms with Crippen molar-refractivity contribution in [2.24, 2.45) is 17.8 Å². The van der Waals surface area contributed by atoms with Gasteiger partial charge in [-0.1, -0.05) is 13.8 Å². The first-order valence-corrected chi connectivity index (χ1v) is 3.37. The Hall–Kier alpha value is -1.04. The fourth-order valence-electron chi connectivity index (χ4n) is 1.28. The second-order valence-corrected chi connectivity index (χ2v) is 2.85. The lowest BCUT2D eigenvalue weighted by Crippen LogP contribution is -2.20. The monoisotopic (exact) mass is 138 g/mol. The van der Waals surface area contributed by atoms with Crippen LogP contribution in [0.25, 0.3) is 0 Å². The van der Waals surface area contributed by atoms with E-state index in [2.05, 4.69) is 5.32 Å². The largest absolute Gasteiger partial charge is 0.274 e. The quantitative estimate of drug-likeness (QED) is 0.423. The predicted molar refractivity (Wildman–Crippen MR) is 35.6 cm³/mol. The Morgan fingerprint density at radius 1 is 1.50 bits per heavy atom. The van der Waals surface area contributed by atoms with Gasteiger partial charge in [-0.2, -0.15) is 5.26 Å². The first-order valence-electron chi connectivity index (χ1n) is 3.37. The molecule has 1 amide bonds. The molecule has 0 bridgehead atoms. The average Bonchev–Trinajstić information content (AvgIpc) is 2.42. The zero-order valence-electron chi connectivity index (χ0n) is 6.09. The van der Waals surface area contributed by atoms with Gasteiger partial charge in [0, 0.05) is 5.92 Å². The van der Waals surface area contributed by atoms with Crippen LogP contribution < -0.4 is 5.32 Å². The lowest BCUT2D eigenvalue weighted by molar-refractivity contribution is -0.121. The zero-order valence-corrected chi connectivity index (χ0v) is 6.09. The normalized spacial score (nSPS) is 36.3. The van der Waals surface area contributed by atoms with Gasteiger partial charge in [0.05, 0.1) is 0 Å². The van der Waals surface area contributed by atoms with E-state index in [1.54, 1.807) is 6.19 Å². The summed E-state index contributed by atoms with van der Waals surface area (Å²) in [6.07, 6.45) is 1.63. The summed E-state index contributed by atoms with van der Waals surface area (Å²) in [5.41, 5.74) is 0. The van der Waals surface area contributed by atoms with Crippen LogP contribution in [0.2, 0.25) is 0 Å². The molecule has 0 aromatic carbocycles. The first-order chi connectivity index (χ1) is 4.68. The maximum absolute atomic E-state index is 10.9. The molecule has 3 nitrogen and oxygen atoms in total. The van der Waals surface area contributed by atoms with E-state index < -0.39 is 0 Å². The number of amides is 1. The molecule has 3 heteroatoms. The van der Waals surface area contributed by atoms with Gasteiger partial charge in [-0.05, 0) is 11.8 Å². The van der Waals surface area contributed by atoms with Crippen molar-refractivity contribution >= 4 is 5.91 Å². The molecule has 0 radical (unpaired) electrons. The minimum atomic E-state index is -0.123. The summed E-state index contributed by atoms with van der Waals surface area (Å²) >= 11 is 0. The van der Waals surface area contributed by atoms with Crippen molar-refractivity contribution in [3.63, 3.8) is 0 Å². The van der Waals surface area contributed by atoms with Crippen LogP contribution in [0.4, 0.5) is 0 Å². The predicted octanol–water partition coefficient (Wildman–Crippen LogP) is 0.486. The van der Waals surface area contributed by atoms with Crippen LogP contribution in [0.15, 0.2) is 0 Å². The van der Waals surface area contributed by atoms with Crippen LogP contribution in [0.3, 0.4) is 0 Å². The molecule has 0 saturated heterocycles. The molecule has 2 atom stereocenters. The summed E-state index contributed by atoms with van der Waals surface area (Å²) in [4.78, 5) is 10.9. The maximum atomic E-state index is 10.9. The van der Waals surface area contributed by atoms with Gasteiger partial charge in [-0.15, -0.1) is 0 Å². The number of carbonyl (C=O) groups excluding carboxylic acids is 1. The summed E-state index contributed by atoms with van der Waals surface area (Å²) in [7, 11) is 0. The summed E-state index contributed by atoms with van der Waals surface area (Å²) in [6.45, 7) is 4.04. The van der Waals surface area contributed by atoms with Crippen molar-refractivity contribution < 1.29 is 4.79 Å². The van der Waals surface area contributed by atoms with Gasteiger partial charge in [-0.3, -0.25) is 10.1 Å². The molecule has 0 aliphatic heterocycles. The molecule has 0 aromatic heterocycles. The van der Waals surface area contributed by atoms with Gasteiger partial charge >= 0.3 is 0 Å². The third kappa shape index (κ3) is 0.971. The Labute approximate surface area is 60.0 Å². The molecule has 1 aliphatic rings. The first kappa shape index (κ1) is 7.07. The topological polar surface area (TPSA) is 52.9 Å². The Morgan fingerprint density at radius 2 is 2.00 bits per heavy atom. The fraction of sp³-hybridized carbons (Fsp3) is 0.714. The molecule has 10 heavy (non-hydrogen) atoms. The third-order valence-corrected chi connectivity index (χ3v) is 2.30. The smallest absolute Gasteiger partial charge is 0.236 e. The molecule has 0 heterocycles.